The first-order chi connectivity index (χ1) is 13.9. The minimum atomic E-state index is -3.84. The molecule has 0 bridgehead atoms. The molecule has 1 atom stereocenters. The molecule has 1 fully saturated rings. The lowest BCUT2D eigenvalue weighted by molar-refractivity contribution is 0.390. The second-order valence-electron chi connectivity index (χ2n) is 6.85. The molecule has 9 heteroatoms. The number of anilines is 2. The molecule has 1 aliphatic rings. The number of hydrogen-bond acceptors (Lipinski definition) is 6. The zero-order valence-electron chi connectivity index (χ0n) is 15.8. The maximum absolute atomic E-state index is 14.0. The Labute approximate surface area is 168 Å². The second-order valence-corrected chi connectivity index (χ2v) is 8.74. The van der Waals surface area contributed by atoms with Gasteiger partial charge in [-0.15, -0.1) is 0 Å². The lowest BCUT2D eigenvalue weighted by atomic mass is 10.1. The van der Waals surface area contributed by atoms with Crippen molar-refractivity contribution in [2.45, 2.75) is 30.7 Å². The summed E-state index contributed by atoms with van der Waals surface area (Å²) in [6, 6.07) is 9.00. The molecule has 3 heterocycles. The van der Waals surface area contributed by atoms with E-state index in [1.54, 1.807) is 37.6 Å². The van der Waals surface area contributed by atoms with Crippen LogP contribution < -0.4 is 5.32 Å². The average Bonchev–Trinajstić information content (AvgIpc) is 3.22. The van der Waals surface area contributed by atoms with Gasteiger partial charge in [-0.1, -0.05) is 12.1 Å². The van der Waals surface area contributed by atoms with Crippen LogP contribution in [0.25, 0.3) is 0 Å². The molecule has 3 aromatic rings. The molecule has 1 saturated heterocycles. The van der Waals surface area contributed by atoms with Gasteiger partial charge in [0, 0.05) is 18.9 Å². The van der Waals surface area contributed by atoms with Crippen molar-refractivity contribution >= 4 is 21.7 Å². The van der Waals surface area contributed by atoms with Crippen LogP contribution in [0.5, 0.6) is 0 Å². The Balaban J connectivity index is 1.63. The Morgan fingerprint density at radius 1 is 1.17 bits per heavy atom. The summed E-state index contributed by atoms with van der Waals surface area (Å²) >= 11 is 0. The van der Waals surface area contributed by atoms with Crippen LogP contribution in [-0.4, -0.2) is 34.2 Å². The van der Waals surface area contributed by atoms with E-state index >= 15 is 0 Å². The van der Waals surface area contributed by atoms with Crippen LogP contribution in [-0.2, 0) is 10.0 Å². The Hall–Kier alpha value is -2.91. The molecule has 1 aromatic carbocycles. The third-order valence-electron chi connectivity index (χ3n) is 4.88. The smallest absolute Gasteiger partial charge is 0.243 e. The minimum Gasteiger partial charge on any atom is -0.324 e. The van der Waals surface area contributed by atoms with E-state index in [1.165, 1.54) is 16.4 Å². The molecule has 0 spiro atoms. The van der Waals surface area contributed by atoms with Crippen molar-refractivity contribution in [3.63, 3.8) is 0 Å². The summed E-state index contributed by atoms with van der Waals surface area (Å²) in [5.41, 5.74) is 1.04. The van der Waals surface area contributed by atoms with Crippen LogP contribution in [0.3, 0.4) is 0 Å². The van der Waals surface area contributed by atoms with Gasteiger partial charge < -0.3 is 5.32 Å². The van der Waals surface area contributed by atoms with Crippen molar-refractivity contribution in [2.75, 3.05) is 11.9 Å². The van der Waals surface area contributed by atoms with Gasteiger partial charge in [0.15, 0.2) is 0 Å². The Bertz CT molecular complexity index is 1120. The fraction of sp³-hybridized carbons (Fsp3) is 0.250. The van der Waals surface area contributed by atoms with Gasteiger partial charge >= 0.3 is 0 Å². The highest BCUT2D eigenvalue weighted by Crippen LogP contribution is 2.36. The lowest BCUT2D eigenvalue weighted by Crippen LogP contribution is -2.31. The van der Waals surface area contributed by atoms with Crippen molar-refractivity contribution in [3.05, 3.63) is 72.1 Å². The normalized spacial score (nSPS) is 17.4. The van der Waals surface area contributed by atoms with Crippen LogP contribution >= 0.6 is 0 Å². The molecule has 0 radical (unpaired) electrons. The van der Waals surface area contributed by atoms with E-state index in [0.717, 1.165) is 6.07 Å². The predicted octanol–water partition coefficient (Wildman–Crippen LogP) is 3.59. The number of benzene rings is 1. The number of aromatic nitrogens is 3. The number of sulfonamides is 1. The summed E-state index contributed by atoms with van der Waals surface area (Å²) in [7, 11) is -3.84. The maximum atomic E-state index is 14.0. The molecule has 0 amide bonds. The van der Waals surface area contributed by atoms with E-state index in [1.807, 2.05) is 6.07 Å². The summed E-state index contributed by atoms with van der Waals surface area (Å²) in [6.45, 7) is 1.97. The standard InChI is InChI=1S/C20H20FN5O2S/c1-14-7-8-15(12-16(14)21)29(27,28)26-11-3-5-18(26)17-4-2-6-19(24-17)25-20-13-22-9-10-23-20/h2,4,6-10,12-13,18H,3,5,11H2,1H3,(H,23,24,25)/t18-/m1/s1. The third-order valence-corrected chi connectivity index (χ3v) is 6.79. The van der Waals surface area contributed by atoms with E-state index in [9.17, 15) is 12.8 Å². The Morgan fingerprint density at radius 3 is 2.79 bits per heavy atom. The minimum absolute atomic E-state index is 0.0404. The van der Waals surface area contributed by atoms with Crippen LogP contribution in [0.1, 0.15) is 30.1 Å². The van der Waals surface area contributed by atoms with Gasteiger partial charge in [0.25, 0.3) is 0 Å². The highest BCUT2D eigenvalue weighted by Gasteiger charge is 2.37. The highest BCUT2D eigenvalue weighted by molar-refractivity contribution is 7.89. The summed E-state index contributed by atoms with van der Waals surface area (Å²) in [6.07, 6.45) is 6.08. The fourth-order valence-electron chi connectivity index (χ4n) is 3.39. The average molecular weight is 413 g/mol. The number of nitrogens with one attached hydrogen (secondary N) is 1. The van der Waals surface area contributed by atoms with Gasteiger partial charge in [0.2, 0.25) is 10.0 Å². The topological polar surface area (TPSA) is 88.1 Å². The van der Waals surface area contributed by atoms with Crippen LogP contribution in [0.2, 0.25) is 0 Å². The molecule has 2 aromatic heterocycles. The second kappa shape index (κ2) is 7.84. The van der Waals surface area contributed by atoms with Crippen molar-refractivity contribution in [3.8, 4) is 0 Å². The highest BCUT2D eigenvalue weighted by atomic mass is 32.2. The van der Waals surface area contributed by atoms with Gasteiger partial charge in [0.1, 0.15) is 17.5 Å². The largest absolute Gasteiger partial charge is 0.324 e. The number of hydrogen-bond donors (Lipinski definition) is 1. The maximum Gasteiger partial charge on any atom is 0.243 e. The van der Waals surface area contributed by atoms with Crippen molar-refractivity contribution in [1.82, 2.24) is 19.3 Å². The first-order valence-electron chi connectivity index (χ1n) is 9.23. The van der Waals surface area contributed by atoms with Gasteiger partial charge in [-0.05, 0) is 49.6 Å². The number of nitrogens with zero attached hydrogens (tertiary/aromatic N) is 4. The van der Waals surface area contributed by atoms with Crippen molar-refractivity contribution in [1.29, 1.82) is 0 Å². The van der Waals surface area contributed by atoms with E-state index in [2.05, 4.69) is 20.3 Å². The zero-order valence-corrected chi connectivity index (χ0v) is 16.6. The molecule has 0 saturated carbocycles. The Morgan fingerprint density at radius 2 is 2.03 bits per heavy atom. The predicted molar refractivity (Wildman–Crippen MR) is 107 cm³/mol. The first-order valence-corrected chi connectivity index (χ1v) is 10.7. The van der Waals surface area contributed by atoms with Crippen LogP contribution in [0, 0.1) is 12.7 Å². The molecule has 7 nitrogen and oxygen atoms in total. The quantitative estimate of drug-likeness (QED) is 0.688. The molecule has 1 aliphatic heterocycles. The third kappa shape index (κ3) is 3.96. The van der Waals surface area contributed by atoms with Crippen LogP contribution in [0.15, 0.2) is 59.9 Å². The summed E-state index contributed by atoms with van der Waals surface area (Å²) in [5, 5.41) is 3.06. The fourth-order valence-corrected chi connectivity index (χ4v) is 5.08. The zero-order chi connectivity index (χ0) is 20.4. The summed E-state index contributed by atoms with van der Waals surface area (Å²) < 4.78 is 41.7. The molecule has 150 valence electrons. The lowest BCUT2D eigenvalue weighted by Gasteiger charge is -2.24. The number of aryl methyl sites for hydroxylation is 1. The molecule has 0 aliphatic carbocycles. The van der Waals surface area contributed by atoms with E-state index in [0.29, 0.717) is 42.3 Å². The first kappa shape index (κ1) is 19.4. The molecular weight excluding hydrogens is 393 g/mol. The van der Waals surface area contributed by atoms with E-state index < -0.39 is 21.9 Å². The van der Waals surface area contributed by atoms with Gasteiger partial charge in [-0.3, -0.25) is 4.98 Å². The molecule has 4 rings (SSSR count). The van der Waals surface area contributed by atoms with Gasteiger partial charge in [-0.25, -0.2) is 22.8 Å². The number of rotatable bonds is 5. The SMILES string of the molecule is Cc1ccc(S(=O)(=O)N2CCC[C@@H]2c2cccc(Nc3cnccn3)n2)cc1F. The number of halogens is 1. The summed E-state index contributed by atoms with van der Waals surface area (Å²) in [4.78, 5) is 12.7. The van der Waals surface area contributed by atoms with Crippen LogP contribution in [0.4, 0.5) is 16.0 Å². The Kier molecular flexibility index (Phi) is 5.25. The summed E-state index contributed by atoms with van der Waals surface area (Å²) in [5.74, 6) is 0.562. The van der Waals surface area contributed by atoms with Gasteiger partial charge in [-0.2, -0.15) is 4.31 Å². The molecular formula is C20H20FN5O2S. The van der Waals surface area contributed by atoms with Crippen molar-refractivity contribution < 1.29 is 12.8 Å². The van der Waals surface area contributed by atoms with E-state index in [-0.39, 0.29) is 4.90 Å². The molecule has 0 unspecified atom stereocenters. The monoisotopic (exact) mass is 413 g/mol. The molecule has 29 heavy (non-hydrogen) atoms. The van der Waals surface area contributed by atoms with Crippen molar-refractivity contribution in [2.24, 2.45) is 0 Å². The number of pyridine rings is 1. The molecule has 1 N–H and O–H groups in total. The van der Waals surface area contributed by atoms with Gasteiger partial charge in [0.05, 0.1) is 22.8 Å². The van der Waals surface area contributed by atoms with E-state index in [4.69, 9.17) is 0 Å².